The fraction of sp³-hybridized carbons (Fsp3) is 0.727. The van der Waals surface area contributed by atoms with E-state index in [4.69, 9.17) is 4.74 Å². The molecule has 0 aromatic heterocycles. The van der Waals surface area contributed by atoms with Crippen LogP contribution in [0.5, 0.6) is 0 Å². The second-order valence-electron chi connectivity index (χ2n) is 3.86. The van der Waals surface area contributed by atoms with E-state index in [-0.39, 0.29) is 5.97 Å². The topological polar surface area (TPSA) is 58.6 Å². The van der Waals surface area contributed by atoms with E-state index in [1.807, 2.05) is 0 Å². The maximum Gasteiger partial charge on any atom is 0.330 e. The molecule has 0 bridgehead atoms. The van der Waals surface area contributed by atoms with Crippen molar-refractivity contribution in [2.24, 2.45) is 0 Å². The predicted octanol–water partition coefficient (Wildman–Crippen LogP) is 0.610. The molecule has 0 heterocycles. The van der Waals surface area contributed by atoms with Gasteiger partial charge in [-0.05, 0) is 26.2 Å². The van der Waals surface area contributed by atoms with Crippen LogP contribution in [0.1, 0.15) is 26.2 Å². The van der Waals surface area contributed by atoms with Crippen LogP contribution in [-0.2, 0) is 9.53 Å². The van der Waals surface area contributed by atoms with Crippen molar-refractivity contribution in [3.05, 3.63) is 12.2 Å². The van der Waals surface area contributed by atoms with E-state index >= 15 is 0 Å². The van der Waals surface area contributed by atoms with Crippen molar-refractivity contribution in [3.8, 4) is 0 Å². The first-order valence-electron chi connectivity index (χ1n) is 5.43. The smallest absolute Gasteiger partial charge is 0.330 e. The highest BCUT2D eigenvalue weighted by Gasteiger charge is 2.33. The summed E-state index contributed by atoms with van der Waals surface area (Å²) in [6.07, 6.45) is 5.97. The SMILES string of the molecule is CCOC(=O)/C=C/CNCC1(O)CCC1. The summed E-state index contributed by atoms with van der Waals surface area (Å²) in [5.41, 5.74) is -0.502. The van der Waals surface area contributed by atoms with Crippen molar-refractivity contribution in [3.63, 3.8) is 0 Å². The molecule has 4 heteroatoms. The first kappa shape index (κ1) is 12.2. The van der Waals surface area contributed by atoms with Crippen LogP contribution in [0.25, 0.3) is 0 Å². The molecular weight excluding hydrogens is 194 g/mol. The second kappa shape index (κ2) is 5.88. The Morgan fingerprint density at radius 2 is 2.33 bits per heavy atom. The summed E-state index contributed by atoms with van der Waals surface area (Å²) in [5, 5.41) is 12.8. The van der Waals surface area contributed by atoms with Gasteiger partial charge in [0.05, 0.1) is 12.2 Å². The van der Waals surface area contributed by atoms with Crippen LogP contribution in [0.3, 0.4) is 0 Å². The van der Waals surface area contributed by atoms with Gasteiger partial charge in [0.2, 0.25) is 0 Å². The molecule has 1 aliphatic rings. The molecule has 0 spiro atoms. The Balaban J connectivity index is 2.03. The zero-order chi connectivity index (χ0) is 11.1. The maximum absolute atomic E-state index is 10.9. The minimum absolute atomic E-state index is 0.318. The van der Waals surface area contributed by atoms with Gasteiger partial charge in [-0.1, -0.05) is 6.08 Å². The Kier molecular flexibility index (Phi) is 4.78. The molecule has 0 aromatic rings. The van der Waals surface area contributed by atoms with Gasteiger partial charge in [0, 0.05) is 19.2 Å². The number of carbonyl (C=O) groups excluding carboxylic acids is 1. The highest BCUT2D eigenvalue weighted by atomic mass is 16.5. The van der Waals surface area contributed by atoms with Crippen LogP contribution >= 0.6 is 0 Å². The summed E-state index contributed by atoms with van der Waals surface area (Å²) < 4.78 is 4.72. The first-order valence-corrected chi connectivity index (χ1v) is 5.43. The lowest BCUT2D eigenvalue weighted by atomic mass is 9.80. The Morgan fingerprint density at radius 1 is 1.60 bits per heavy atom. The number of rotatable bonds is 6. The minimum atomic E-state index is -0.502. The highest BCUT2D eigenvalue weighted by molar-refractivity contribution is 5.81. The number of aliphatic hydroxyl groups is 1. The third-order valence-corrected chi connectivity index (χ3v) is 2.54. The third-order valence-electron chi connectivity index (χ3n) is 2.54. The number of hydrogen-bond acceptors (Lipinski definition) is 4. The molecule has 86 valence electrons. The molecule has 0 aliphatic heterocycles. The van der Waals surface area contributed by atoms with Gasteiger partial charge in [0.25, 0.3) is 0 Å². The lowest BCUT2D eigenvalue weighted by Crippen LogP contribution is -2.46. The van der Waals surface area contributed by atoms with Crippen molar-refractivity contribution in [2.45, 2.75) is 31.8 Å². The van der Waals surface area contributed by atoms with Gasteiger partial charge in [-0.2, -0.15) is 0 Å². The standard InChI is InChI=1S/C11H19NO3/c1-2-15-10(13)5-3-8-12-9-11(14)6-4-7-11/h3,5,12,14H,2,4,6-9H2,1H3/b5-3+. The van der Waals surface area contributed by atoms with E-state index in [2.05, 4.69) is 5.32 Å². The molecular formula is C11H19NO3. The largest absolute Gasteiger partial charge is 0.463 e. The summed E-state index contributed by atoms with van der Waals surface area (Å²) in [6.45, 7) is 3.35. The number of carbonyl (C=O) groups is 1. The lowest BCUT2D eigenvalue weighted by Gasteiger charge is -2.36. The monoisotopic (exact) mass is 213 g/mol. The molecule has 0 saturated heterocycles. The van der Waals surface area contributed by atoms with Crippen LogP contribution in [0.2, 0.25) is 0 Å². The van der Waals surface area contributed by atoms with Gasteiger partial charge in [0.1, 0.15) is 0 Å². The fourth-order valence-corrected chi connectivity index (χ4v) is 1.50. The maximum atomic E-state index is 10.9. The van der Waals surface area contributed by atoms with Gasteiger partial charge in [-0.15, -0.1) is 0 Å². The fourth-order valence-electron chi connectivity index (χ4n) is 1.50. The Hall–Kier alpha value is -0.870. The first-order chi connectivity index (χ1) is 7.16. The third kappa shape index (κ3) is 4.44. The Bertz CT molecular complexity index is 234. The minimum Gasteiger partial charge on any atom is -0.463 e. The van der Waals surface area contributed by atoms with Crippen LogP contribution in [0.4, 0.5) is 0 Å². The molecule has 1 aliphatic carbocycles. The van der Waals surface area contributed by atoms with Gasteiger partial charge in [0.15, 0.2) is 0 Å². The van der Waals surface area contributed by atoms with Crippen molar-refractivity contribution < 1.29 is 14.6 Å². The van der Waals surface area contributed by atoms with Gasteiger partial charge >= 0.3 is 5.97 Å². The van der Waals surface area contributed by atoms with Crippen molar-refractivity contribution in [1.29, 1.82) is 0 Å². The number of esters is 1. The predicted molar refractivity (Wildman–Crippen MR) is 57.4 cm³/mol. The Morgan fingerprint density at radius 3 is 2.87 bits per heavy atom. The normalized spacial score (nSPS) is 18.8. The van der Waals surface area contributed by atoms with Crippen LogP contribution < -0.4 is 5.32 Å². The summed E-state index contributed by atoms with van der Waals surface area (Å²) in [6, 6.07) is 0. The van der Waals surface area contributed by atoms with Crippen LogP contribution in [0, 0.1) is 0 Å². The molecule has 4 nitrogen and oxygen atoms in total. The second-order valence-corrected chi connectivity index (χ2v) is 3.86. The van der Waals surface area contributed by atoms with Gasteiger partial charge in [-0.3, -0.25) is 0 Å². The zero-order valence-corrected chi connectivity index (χ0v) is 9.16. The quantitative estimate of drug-likeness (QED) is 0.385. The molecule has 1 rings (SSSR count). The average molecular weight is 213 g/mol. The molecule has 0 atom stereocenters. The zero-order valence-electron chi connectivity index (χ0n) is 9.16. The van der Waals surface area contributed by atoms with E-state index in [1.165, 1.54) is 6.08 Å². The number of ether oxygens (including phenoxy) is 1. The highest BCUT2D eigenvalue weighted by Crippen LogP contribution is 2.30. The van der Waals surface area contributed by atoms with Crippen molar-refractivity contribution in [2.75, 3.05) is 19.7 Å². The van der Waals surface area contributed by atoms with Crippen LogP contribution in [0.15, 0.2) is 12.2 Å². The van der Waals surface area contributed by atoms with Gasteiger partial charge in [-0.25, -0.2) is 4.79 Å². The number of nitrogens with one attached hydrogen (secondary N) is 1. The summed E-state index contributed by atoms with van der Waals surface area (Å²) in [7, 11) is 0. The summed E-state index contributed by atoms with van der Waals surface area (Å²) in [4.78, 5) is 10.9. The van der Waals surface area contributed by atoms with E-state index in [0.717, 1.165) is 19.3 Å². The Labute approximate surface area is 90.3 Å². The summed E-state index contributed by atoms with van der Waals surface area (Å²) >= 11 is 0. The average Bonchev–Trinajstić information content (AvgIpc) is 2.15. The molecule has 1 fully saturated rings. The molecule has 0 unspecified atom stereocenters. The molecule has 15 heavy (non-hydrogen) atoms. The lowest BCUT2D eigenvalue weighted by molar-refractivity contribution is -0.137. The molecule has 0 amide bonds. The van der Waals surface area contributed by atoms with E-state index in [0.29, 0.717) is 19.7 Å². The van der Waals surface area contributed by atoms with Crippen molar-refractivity contribution >= 4 is 5.97 Å². The van der Waals surface area contributed by atoms with E-state index in [1.54, 1.807) is 13.0 Å². The van der Waals surface area contributed by atoms with E-state index in [9.17, 15) is 9.90 Å². The van der Waals surface area contributed by atoms with Crippen molar-refractivity contribution in [1.82, 2.24) is 5.32 Å². The summed E-state index contributed by atoms with van der Waals surface area (Å²) in [5.74, 6) is -0.318. The number of hydrogen-bond donors (Lipinski definition) is 2. The van der Waals surface area contributed by atoms with Crippen LogP contribution in [-0.4, -0.2) is 36.4 Å². The molecule has 0 aromatic carbocycles. The van der Waals surface area contributed by atoms with Gasteiger partial charge < -0.3 is 15.2 Å². The van der Waals surface area contributed by atoms with E-state index < -0.39 is 5.60 Å². The molecule has 1 saturated carbocycles. The molecule has 2 N–H and O–H groups in total. The molecule has 0 radical (unpaired) electrons.